The molecule has 2 rings (SSSR count). The van der Waals surface area contributed by atoms with Crippen LogP contribution in [0.2, 0.25) is 0 Å². The minimum atomic E-state index is -0.445. The number of nitrogens with zero attached hydrogens (tertiary/aromatic N) is 3. The van der Waals surface area contributed by atoms with Crippen LogP contribution in [0.3, 0.4) is 0 Å². The molecule has 0 spiro atoms. The van der Waals surface area contributed by atoms with Crippen molar-refractivity contribution < 1.29 is 9.66 Å². The van der Waals surface area contributed by atoms with Crippen LogP contribution in [0.15, 0.2) is 36.8 Å². The van der Waals surface area contributed by atoms with E-state index in [1.807, 2.05) is 6.92 Å². The Morgan fingerprint density at radius 3 is 2.90 bits per heavy atom. The van der Waals surface area contributed by atoms with Crippen molar-refractivity contribution in [3.8, 4) is 5.75 Å². The smallest absolute Gasteiger partial charge is 0.311 e. The van der Waals surface area contributed by atoms with E-state index in [1.165, 1.54) is 12.4 Å². The highest BCUT2D eigenvalue weighted by molar-refractivity contribution is 5.58. The SMILES string of the molecule is CCCOc1cc(NCc2ccncn2)ccc1[N+](=O)[O-]. The van der Waals surface area contributed by atoms with Crippen LogP contribution in [0, 0.1) is 10.1 Å². The van der Waals surface area contributed by atoms with Gasteiger partial charge in [-0.3, -0.25) is 10.1 Å². The number of nitro groups is 1. The van der Waals surface area contributed by atoms with E-state index in [2.05, 4.69) is 15.3 Å². The maximum absolute atomic E-state index is 11.0. The summed E-state index contributed by atoms with van der Waals surface area (Å²) in [4.78, 5) is 18.5. The number of hydrogen-bond donors (Lipinski definition) is 1. The monoisotopic (exact) mass is 288 g/mol. The van der Waals surface area contributed by atoms with Crippen LogP contribution in [0.5, 0.6) is 5.75 Å². The van der Waals surface area contributed by atoms with E-state index in [-0.39, 0.29) is 11.4 Å². The average Bonchev–Trinajstić information content (AvgIpc) is 2.51. The van der Waals surface area contributed by atoms with E-state index in [0.29, 0.717) is 13.2 Å². The third-order valence-electron chi connectivity index (χ3n) is 2.74. The van der Waals surface area contributed by atoms with Crippen molar-refractivity contribution >= 4 is 11.4 Å². The van der Waals surface area contributed by atoms with Crippen molar-refractivity contribution in [3.63, 3.8) is 0 Å². The zero-order valence-corrected chi connectivity index (χ0v) is 11.7. The normalized spacial score (nSPS) is 10.1. The summed E-state index contributed by atoms with van der Waals surface area (Å²) in [6.45, 7) is 2.90. The van der Waals surface area contributed by atoms with Crippen molar-refractivity contribution in [2.24, 2.45) is 0 Å². The van der Waals surface area contributed by atoms with Gasteiger partial charge in [0.25, 0.3) is 0 Å². The lowest BCUT2D eigenvalue weighted by atomic mass is 10.2. The number of nitro benzene ring substituents is 1. The third kappa shape index (κ3) is 4.13. The first-order chi connectivity index (χ1) is 10.2. The predicted molar refractivity (Wildman–Crippen MR) is 78.2 cm³/mol. The maximum Gasteiger partial charge on any atom is 0.311 e. The standard InChI is InChI=1S/C14H16N4O3/c1-2-7-21-14-8-11(3-4-13(14)18(19)20)16-9-12-5-6-15-10-17-12/h3-6,8,10,16H,2,7,9H2,1H3. The van der Waals surface area contributed by atoms with Gasteiger partial charge in [0.2, 0.25) is 0 Å². The van der Waals surface area contributed by atoms with E-state index in [1.54, 1.807) is 24.4 Å². The van der Waals surface area contributed by atoms with E-state index in [0.717, 1.165) is 17.8 Å². The molecule has 1 N–H and O–H groups in total. The fraction of sp³-hybridized carbons (Fsp3) is 0.286. The Balaban J connectivity index is 2.11. The Bertz CT molecular complexity index is 604. The topological polar surface area (TPSA) is 90.2 Å². The van der Waals surface area contributed by atoms with Crippen LogP contribution in [-0.2, 0) is 6.54 Å². The number of hydrogen-bond acceptors (Lipinski definition) is 6. The predicted octanol–water partition coefficient (Wildman–Crippen LogP) is 2.79. The molecule has 0 atom stereocenters. The van der Waals surface area contributed by atoms with Gasteiger partial charge in [-0.2, -0.15) is 0 Å². The molecule has 0 fully saturated rings. The van der Waals surface area contributed by atoms with Crippen LogP contribution in [-0.4, -0.2) is 21.5 Å². The molecule has 110 valence electrons. The van der Waals surface area contributed by atoms with Crippen LogP contribution in [0.25, 0.3) is 0 Å². The number of nitrogens with one attached hydrogen (secondary N) is 1. The number of rotatable bonds is 7. The first-order valence-corrected chi connectivity index (χ1v) is 6.60. The quantitative estimate of drug-likeness (QED) is 0.622. The zero-order chi connectivity index (χ0) is 15.1. The molecule has 0 amide bonds. The molecule has 2 aromatic rings. The summed E-state index contributed by atoms with van der Waals surface area (Å²) in [5, 5.41) is 14.1. The van der Waals surface area contributed by atoms with Crippen molar-refractivity contribution in [1.82, 2.24) is 9.97 Å². The van der Waals surface area contributed by atoms with Gasteiger partial charge >= 0.3 is 5.69 Å². The van der Waals surface area contributed by atoms with E-state index < -0.39 is 4.92 Å². The van der Waals surface area contributed by atoms with Crippen LogP contribution < -0.4 is 10.1 Å². The van der Waals surface area contributed by atoms with Gasteiger partial charge in [-0.15, -0.1) is 0 Å². The van der Waals surface area contributed by atoms with E-state index in [9.17, 15) is 10.1 Å². The van der Waals surface area contributed by atoms with Crippen LogP contribution in [0.1, 0.15) is 19.0 Å². The average molecular weight is 288 g/mol. The highest BCUT2D eigenvalue weighted by Crippen LogP contribution is 2.30. The zero-order valence-electron chi connectivity index (χ0n) is 11.7. The van der Waals surface area contributed by atoms with Gasteiger partial charge in [-0.1, -0.05) is 6.92 Å². The summed E-state index contributed by atoms with van der Waals surface area (Å²) in [5.74, 6) is 0.273. The van der Waals surface area contributed by atoms with Gasteiger partial charge in [-0.05, 0) is 18.6 Å². The molecule has 21 heavy (non-hydrogen) atoms. The van der Waals surface area contributed by atoms with Crippen molar-refractivity contribution in [1.29, 1.82) is 0 Å². The lowest BCUT2D eigenvalue weighted by Gasteiger charge is -2.09. The van der Waals surface area contributed by atoms with E-state index in [4.69, 9.17) is 4.74 Å². The fourth-order valence-corrected chi connectivity index (χ4v) is 1.72. The van der Waals surface area contributed by atoms with Gasteiger partial charge in [0.1, 0.15) is 6.33 Å². The lowest BCUT2D eigenvalue weighted by Crippen LogP contribution is -2.04. The van der Waals surface area contributed by atoms with Gasteiger partial charge in [0.05, 0.1) is 23.8 Å². The Labute approximate surface area is 122 Å². The molecule has 0 saturated carbocycles. The maximum atomic E-state index is 11.0. The molecule has 1 aromatic carbocycles. The highest BCUT2D eigenvalue weighted by atomic mass is 16.6. The van der Waals surface area contributed by atoms with Crippen LogP contribution in [0.4, 0.5) is 11.4 Å². The molecule has 1 heterocycles. The molecule has 0 unspecified atom stereocenters. The molecule has 7 heteroatoms. The van der Waals surface area contributed by atoms with Gasteiger partial charge in [-0.25, -0.2) is 9.97 Å². The molecule has 7 nitrogen and oxygen atoms in total. The molecule has 0 radical (unpaired) electrons. The first kappa shape index (κ1) is 14.7. The Hall–Kier alpha value is -2.70. The highest BCUT2D eigenvalue weighted by Gasteiger charge is 2.15. The van der Waals surface area contributed by atoms with Crippen LogP contribution >= 0.6 is 0 Å². The summed E-state index contributed by atoms with van der Waals surface area (Å²) in [6, 6.07) is 6.52. The summed E-state index contributed by atoms with van der Waals surface area (Å²) >= 11 is 0. The molecule has 0 aliphatic carbocycles. The molecular formula is C14H16N4O3. The van der Waals surface area contributed by atoms with Crippen molar-refractivity contribution in [2.75, 3.05) is 11.9 Å². The van der Waals surface area contributed by atoms with Gasteiger partial charge in [0.15, 0.2) is 5.75 Å². The molecule has 0 aliphatic rings. The molecule has 0 saturated heterocycles. The summed E-state index contributed by atoms with van der Waals surface area (Å²) < 4.78 is 5.43. The van der Waals surface area contributed by atoms with Crippen molar-refractivity contribution in [3.05, 3.63) is 52.6 Å². The summed E-state index contributed by atoms with van der Waals surface area (Å²) in [6.07, 6.45) is 3.92. The Morgan fingerprint density at radius 2 is 2.24 bits per heavy atom. The summed E-state index contributed by atoms with van der Waals surface area (Å²) in [5.41, 5.74) is 1.54. The third-order valence-corrected chi connectivity index (χ3v) is 2.74. The van der Waals surface area contributed by atoms with E-state index >= 15 is 0 Å². The minimum absolute atomic E-state index is 0.0314. The van der Waals surface area contributed by atoms with Gasteiger partial charge < -0.3 is 10.1 Å². The first-order valence-electron chi connectivity index (χ1n) is 6.60. The molecule has 0 bridgehead atoms. The minimum Gasteiger partial charge on any atom is -0.487 e. The molecule has 1 aromatic heterocycles. The number of anilines is 1. The fourth-order valence-electron chi connectivity index (χ4n) is 1.72. The molecule has 0 aliphatic heterocycles. The number of aromatic nitrogens is 2. The summed E-state index contributed by atoms with van der Waals surface area (Å²) in [7, 11) is 0. The Morgan fingerprint density at radius 1 is 1.38 bits per heavy atom. The second-order valence-corrected chi connectivity index (χ2v) is 4.34. The lowest BCUT2D eigenvalue weighted by molar-refractivity contribution is -0.385. The molecular weight excluding hydrogens is 272 g/mol. The second kappa shape index (κ2) is 7.18. The number of ether oxygens (including phenoxy) is 1. The largest absolute Gasteiger partial charge is 0.487 e. The van der Waals surface area contributed by atoms with Crippen molar-refractivity contribution in [2.45, 2.75) is 19.9 Å². The Kier molecular flexibility index (Phi) is 5.03. The number of benzene rings is 1. The van der Waals surface area contributed by atoms with Gasteiger partial charge in [0, 0.05) is 24.0 Å². The second-order valence-electron chi connectivity index (χ2n) is 4.34.